The van der Waals surface area contributed by atoms with Gasteiger partial charge in [-0.05, 0) is 18.6 Å². The molecule has 1 fully saturated rings. The first-order valence-corrected chi connectivity index (χ1v) is 10.4. The van der Waals surface area contributed by atoms with Gasteiger partial charge in [-0.3, -0.25) is 4.79 Å². The molecule has 1 saturated heterocycles. The van der Waals surface area contributed by atoms with Crippen LogP contribution in [0, 0.1) is 0 Å². The lowest BCUT2D eigenvalue weighted by Gasteiger charge is -2.28. The maximum Gasteiger partial charge on any atom is 0.287 e. The highest BCUT2D eigenvalue weighted by Crippen LogP contribution is 2.24. The molecule has 0 radical (unpaired) electrons. The highest BCUT2D eigenvalue weighted by molar-refractivity contribution is 7.98. The molecule has 3 heterocycles. The van der Waals surface area contributed by atoms with Crippen LogP contribution in [0.25, 0.3) is 0 Å². The van der Waals surface area contributed by atoms with Crippen molar-refractivity contribution in [2.75, 3.05) is 51.5 Å². The lowest BCUT2D eigenvalue weighted by atomic mass is 10.3. The van der Waals surface area contributed by atoms with Crippen LogP contribution in [-0.4, -0.2) is 62.4 Å². The molecule has 0 bridgehead atoms. The smallest absolute Gasteiger partial charge is 0.287 e. The molecule has 152 valence electrons. The Morgan fingerprint density at radius 2 is 2.14 bits per heavy atom. The Hall–Kier alpha value is -2.10. The van der Waals surface area contributed by atoms with Crippen molar-refractivity contribution in [2.45, 2.75) is 24.3 Å². The lowest BCUT2D eigenvalue weighted by molar-refractivity contribution is 0.0908. The number of amides is 1. The van der Waals surface area contributed by atoms with Gasteiger partial charge in [-0.2, -0.15) is 0 Å². The summed E-state index contributed by atoms with van der Waals surface area (Å²) < 4.78 is 16.0. The Morgan fingerprint density at radius 1 is 1.32 bits per heavy atom. The predicted molar refractivity (Wildman–Crippen MR) is 107 cm³/mol. The molecule has 8 nitrogen and oxygen atoms in total. The van der Waals surface area contributed by atoms with Crippen molar-refractivity contribution in [1.82, 2.24) is 15.3 Å². The number of carbonyl (C=O) groups excluding carboxylic acids is 1. The Kier molecular flexibility index (Phi) is 7.70. The summed E-state index contributed by atoms with van der Waals surface area (Å²) in [6.07, 6.45) is 0.847. The van der Waals surface area contributed by atoms with Crippen molar-refractivity contribution in [1.29, 1.82) is 0 Å². The minimum Gasteiger partial charge on any atom is -0.455 e. The third-order valence-corrected chi connectivity index (χ3v) is 5.13. The van der Waals surface area contributed by atoms with Gasteiger partial charge in [-0.25, -0.2) is 9.97 Å². The van der Waals surface area contributed by atoms with E-state index in [1.54, 1.807) is 13.2 Å². The number of carbonyl (C=O) groups is 1. The topological polar surface area (TPSA) is 89.7 Å². The number of methoxy groups -OCH3 is 1. The number of aryl methyl sites for hydroxylation is 1. The Bertz CT molecular complexity index is 777. The zero-order chi connectivity index (χ0) is 19.8. The molecule has 2 aromatic heterocycles. The van der Waals surface area contributed by atoms with Gasteiger partial charge >= 0.3 is 0 Å². The van der Waals surface area contributed by atoms with E-state index < -0.39 is 0 Å². The largest absolute Gasteiger partial charge is 0.455 e. The van der Waals surface area contributed by atoms with Gasteiger partial charge in [0.25, 0.3) is 5.91 Å². The standard InChI is InChI=1S/C19H26N4O4S/c1-3-14-12-17(23-7-10-26-11-8-23)22-19(21-14)28-13-15-4-5-16(27-15)18(24)20-6-9-25-2/h4-5,12H,3,6-11,13H2,1-2H3,(H,20,24). The molecular formula is C19H26N4O4S. The zero-order valence-corrected chi connectivity index (χ0v) is 17.1. The molecule has 0 aromatic carbocycles. The molecule has 1 N–H and O–H groups in total. The second-order valence-electron chi connectivity index (χ2n) is 6.26. The van der Waals surface area contributed by atoms with Crippen molar-refractivity contribution in [3.8, 4) is 0 Å². The number of rotatable bonds is 9. The van der Waals surface area contributed by atoms with Crippen LogP contribution in [0.1, 0.15) is 28.9 Å². The van der Waals surface area contributed by atoms with Gasteiger partial charge in [-0.15, -0.1) is 0 Å². The van der Waals surface area contributed by atoms with Crippen LogP contribution in [0.15, 0.2) is 27.8 Å². The van der Waals surface area contributed by atoms with Crippen LogP contribution in [0.3, 0.4) is 0 Å². The maximum absolute atomic E-state index is 12.0. The summed E-state index contributed by atoms with van der Waals surface area (Å²) >= 11 is 1.50. The normalized spacial score (nSPS) is 14.3. The van der Waals surface area contributed by atoms with Gasteiger partial charge in [0.15, 0.2) is 10.9 Å². The molecule has 0 unspecified atom stereocenters. The number of furan rings is 1. The Labute approximate surface area is 169 Å². The summed E-state index contributed by atoms with van der Waals surface area (Å²) in [5, 5.41) is 3.45. The Morgan fingerprint density at radius 3 is 2.89 bits per heavy atom. The van der Waals surface area contributed by atoms with Crippen molar-refractivity contribution in [3.63, 3.8) is 0 Å². The van der Waals surface area contributed by atoms with Gasteiger partial charge in [0.1, 0.15) is 11.6 Å². The lowest BCUT2D eigenvalue weighted by Crippen LogP contribution is -2.37. The molecule has 1 aliphatic heterocycles. The van der Waals surface area contributed by atoms with E-state index in [4.69, 9.17) is 18.9 Å². The minimum absolute atomic E-state index is 0.243. The number of nitrogens with zero attached hydrogens (tertiary/aromatic N) is 3. The van der Waals surface area contributed by atoms with Crippen molar-refractivity contribution < 1.29 is 18.7 Å². The number of ether oxygens (including phenoxy) is 2. The molecule has 3 rings (SSSR count). The van der Waals surface area contributed by atoms with E-state index in [0.717, 1.165) is 44.2 Å². The number of morpholine rings is 1. The summed E-state index contributed by atoms with van der Waals surface area (Å²) in [7, 11) is 1.59. The van der Waals surface area contributed by atoms with E-state index in [0.29, 0.717) is 35.6 Å². The van der Waals surface area contributed by atoms with Crippen LogP contribution in [0.5, 0.6) is 0 Å². The van der Waals surface area contributed by atoms with E-state index in [-0.39, 0.29) is 5.91 Å². The van der Waals surface area contributed by atoms with E-state index in [2.05, 4.69) is 22.1 Å². The second kappa shape index (κ2) is 10.4. The summed E-state index contributed by atoms with van der Waals surface area (Å²) in [5.41, 5.74) is 1.01. The zero-order valence-electron chi connectivity index (χ0n) is 16.3. The van der Waals surface area contributed by atoms with Crippen LogP contribution < -0.4 is 10.2 Å². The number of thioether (sulfide) groups is 1. The third kappa shape index (κ3) is 5.70. The summed E-state index contributed by atoms with van der Waals surface area (Å²) in [5.74, 6) is 2.26. The Balaban J connectivity index is 1.61. The first kappa shape index (κ1) is 20.6. The average molecular weight is 407 g/mol. The first-order chi connectivity index (χ1) is 13.7. The van der Waals surface area contributed by atoms with Gasteiger partial charge in [0, 0.05) is 38.5 Å². The fraction of sp³-hybridized carbons (Fsp3) is 0.526. The van der Waals surface area contributed by atoms with Crippen molar-refractivity contribution in [3.05, 3.63) is 35.4 Å². The van der Waals surface area contributed by atoms with Crippen LogP contribution in [-0.2, 0) is 21.6 Å². The average Bonchev–Trinajstić information content (AvgIpc) is 3.22. The molecule has 1 amide bonds. The van der Waals surface area contributed by atoms with Gasteiger partial charge in [0.05, 0.1) is 25.6 Å². The van der Waals surface area contributed by atoms with Gasteiger partial charge in [0.2, 0.25) is 0 Å². The quantitative estimate of drug-likeness (QED) is 0.385. The van der Waals surface area contributed by atoms with Crippen LogP contribution in [0.4, 0.5) is 5.82 Å². The summed E-state index contributed by atoms with van der Waals surface area (Å²) in [4.78, 5) is 23.5. The summed E-state index contributed by atoms with van der Waals surface area (Å²) in [6.45, 7) is 6.10. The molecule has 0 spiro atoms. The summed E-state index contributed by atoms with van der Waals surface area (Å²) in [6, 6.07) is 5.54. The molecule has 2 aromatic rings. The fourth-order valence-electron chi connectivity index (χ4n) is 2.73. The predicted octanol–water partition coefficient (Wildman–Crippen LogP) is 2.14. The monoisotopic (exact) mass is 406 g/mol. The van der Waals surface area contributed by atoms with E-state index in [9.17, 15) is 4.79 Å². The highest BCUT2D eigenvalue weighted by Gasteiger charge is 2.16. The van der Waals surface area contributed by atoms with E-state index >= 15 is 0 Å². The fourth-order valence-corrected chi connectivity index (χ4v) is 3.49. The first-order valence-electron chi connectivity index (χ1n) is 9.39. The van der Waals surface area contributed by atoms with Crippen LogP contribution in [0.2, 0.25) is 0 Å². The maximum atomic E-state index is 12.0. The SMILES string of the molecule is CCc1cc(N2CCOCC2)nc(SCc2ccc(C(=O)NCCOC)o2)n1. The molecule has 1 aliphatic rings. The second-order valence-corrected chi connectivity index (χ2v) is 7.20. The number of hydrogen-bond acceptors (Lipinski definition) is 8. The number of anilines is 1. The van der Waals surface area contributed by atoms with E-state index in [1.165, 1.54) is 11.8 Å². The number of hydrogen-bond donors (Lipinski definition) is 1. The third-order valence-electron chi connectivity index (χ3n) is 4.26. The molecule has 28 heavy (non-hydrogen) atoms. The van der Waals surface area contributed by atoms with Crippen molar-refractivity contribution >= 4 is 23.5 Å². The molecule has 9 heteroatoms. The number of nitrogens with one attached hydrogen (secondary N) is 1. The number of aromatic nitrogens is 2. The van der Waals surface area contributed by atoms with Gasteiger partial charge < -0.3 is 24.1 Å². The van der Waals surface area contributed by atoms with Gasteiger partial charge in [-0.1, -0.05) is 18.7 Å². The minimum atomic E-state index is -0.243. The van der Waals surface area contributed by atoms with Crippen LogP contribution >= 0.6 is 11.8 Å². The molecule has 0 aliphatic carbocycles. The molecular weight excluding hydrogens is 380 g/mol. The molecule has 0 saturated carbocycles. The van der Waals surface area contributed by atoms with E-state index in [1.807, 2.05) is 12.1 Å². The van der Waals surface area contributed by atoms with Crippen molar-refractivity contribution in [2.24, 2.45) is 0 Å². The highest BCUT2D eigenvalue weighted by atomic mass is 32.2. The molecule has 0 atom stereocenters.